The van der Waals surface area contributed by atoms with Crippen molar-refractivity contribution in [2.75, 3.05) is 26.2 Å². The fourth-order valence-electron chi connectivity index (χ4n) is 4.42. The Hall–Kier alpha value is -1.35. The number of hydrogen-bond donors (Lipinski definition) is 0. The molecule has 1 amide bonds. The van der Waals surface area contributed by atoms with Crippen LogP contribution in [0.1, 0.15) is 50.3 Å². The van der Waals surface area contributed by atoms with Crippen molar-refractivity contribution < 1.29 is 4.79 Å². The van der Waals surface area contributed by atoms with Gasteiger partial charge in [-0.2, -0.15) is 0 Å². The quantitative estimate of drug-likeness (QED) is 0.796. The Morgan fingerprint density at radius 2 is 1.95 bits per heavy atom. The van der Waals surface area contributed by atoms with Gasteiger partial charge in [0.1, 0.15) is 0 Å². The Kier molecular flexibility index (Phi) is 3.30. The van der Waals surface area contributed by atoms with Gasteiger partial charge in [0.05, 0.1) is 6.04 Å². The third-order valence-corrected chi connectivity index (χ3v) is 5.90. The SMILES string of the molecule is CC1(C)CN2CCN(C(=O)C3CCC3)CC2c2ccccc21. The summed E-state index contributed by atoms with van der Waals surface area (Å²) in [4.78, 5) is 17.3. The van der Waals surface area contributed by atoms with Crippen LogP contribution in [0.5, 0.6) is 0 Å². The molecule has 3 heteroatoms. The van der Waals surface area contributed by atoms with Gasteiger partial charge in [-0.1, -0.05) is 44.5 Å². The first-order valence-electron chi connectivity index (χ1n) is 8.68. The van der Waals surface area contributed by atoms with Crippen LogP contribution in [0.15, 0.2) is 24.3 Å². The molecular weight excluding hydrogens is 272 g/mol. The minimum Gasteiger partial charge on any atom is -0.339 e. The number of carbonyl (C=O) groups excluding carboxylic acids is 1. The maximum atomic E-state index is 12.6. The van der Waals surface area contributed by atoms with Gasteiger partial charge in [-0.05, 0) is 24.0 Å². The van der Waals surface area contributed by atoms with Crippen LogP contribution in [-0.2, 0) is 10.2 Å². The van der Waals surface area contributed by atoms with Crippen LogP contribution in [0.25, 0.3) is 0 Å². The lowest BCUT2D eigenvalue weighted by Crippen LogP contribution is -2.57. The minimum absolute atomic E-state index is 0.202. The number of nitrogens with zero attached hydrogens (tertiary/aromatic N) is 2. The molecule has 4 rings (SSSR count). The van der Waals surface area contributed by atoms with Gasteiger partial charge in [-0.15, -0.1) is 0 Å². The third-order valence-electron chi connectivity index (χ3n) is 5.90. The number of piperazine rings is 1. The smallest absolute Gasteiger partial charge is 0.225 e. The molecule has 1 saturated carbocycles. The predicted octanol–water partition coefficient (Wildman–Crippen LogP) is 2.96. The Labute approximate surface area is 133 Å². The van der Waals surface area contributed by atoms with E-state index in [0.29, 0.717) is 17.9 Å². The molecule has 0 bridgehead atoms. The van der Waals surface area contributed by atoms with Crippen molar-refractivity contribution in [3.05, 3.63) is 35.4 Å². The molecule has 2 aliphatic heterocycles. The molecule has 0 N–H and O–H groups in total. The van der Waals surface area contributed by atoms with Gasteiger partial charge in [-0.25, -0.2) is 0 Å². The zero-order valence-corrected chi connectivity index (χ0v) is 13.7. The summed E-state index contributed by atoms with van der Waals surface area (Å²) in [5, 5.41) is 0. The average Bonchev–Trinajstić information content (AvgIpc) is 2.45. The van der Waals surface area contributed by atoms with Crippen LogP contribution in [0.3, 0.4) is 0 Å². The summed E-state index contributed by atoms with van der Waals surface area (Å²) in [6.45, 7) is 8.58. The second-order valence-electron chi connectivity index (χ2n) is 7.87. The highest BCUT2D eigenvalue weighted by Gasteiger charge is 2.42. The third kappa shape index (κ3) is 2.18. The predicted molar refractivity (Wildman–Crippen MR) is 87.7 cm³/mol. The molecule has 0 spiro atoms. The molecule has 3 aliphatic rings. The molecule has 118 valence electrons. The molecule has 0 radical (unpaired) electrons. The van der Waals surface area contributed by atoms with E-state index < -0.39 is 0 Å². The molecule has 1 aliphatic carbocycles. The van der Waals surface area contributed by atoms with Crippen LogP contribution in [0, 0.1) is 5.92 Å². The highest BCUT2D eigenvalue weighted by atomic mass is 16.2. The van der Waals surface area contributed by atoms with Crippen molar-refractivity contribution in [1.29, 1.82) is 0 Å². The maximum absolute atomic E-state index is 12.6. The van der Waals surface area contributed by atoms with E-state index in [1.165, 1.54) is 17.5 Å². The molecular formula is C19H26N2O. The fraction of sp³-hybridized carbons (Fsp3) is 0.632. The van der Waals surface area contributed by atoms with E-state index in [1.807, 2.05) is 0 Å². The number of carbonyl (C=O) groups is 1. The van der Waals surface area contributed by atoms with E-state index in [4.69, 9.17) is 0 Å². The molecule has 22 heavy (non-hydrogen) atoms. The highest BCUT2D eigenvalue weighted by molar-refractivity contribution is 5.79. The van der Waals surface area contributed by atoms with Gasteiger partial charge in [0.2, 0.25) is 5.91 Å². The Morgan fingerprint density at radius 1 is 1.18 bits per heavy atom. The first-order valence-corrected chi connectivity index (χ1v) is 8.68. The van der Waals surface area contributed by atoms with Crippen molar-refractivity contribution in [2.45, 2.75) is 44.6 Å². The van der Waals surface area contributed by atoms with Gasteiger partial charge in [0.25, 0.3) is 0 Å². The normalized spacial score (nSPS) is 27.7. The summed E-state index contributed by atoms with van der Waals surface area (Å²) in [5.41, 5.74) is 3.10. The van der Waals surface area contributed by atoms with Gasteiger partial charge in [0.15, 0.2) is 0 Å². The van der Waals surface area contributed by atoms with Gasteiger partial charge >= 0.3 is 0 Å². The standard InChI is InChI=1S/C19H26N2O/c1-19(2)13-21-11-10-20(18(22)14-6-5-7-14)12-17(21)15-8-3-4-9-16(15)19/h3-4,8-9,14,17H,5-7,10-13H2,1-2H3. The summed E-state index contributed by atoms with van der Waals surface area (Å²) in [6.07, 6.45) is 3.44. The number of rotatable bonds is 1. The Balaban J connectivity index is 1.61. The monoisotopic (exact) mass is 298 g/mol. The van der Waals surface area contributed by atoms with Crippen LogP contribution in [0.4, 0.5) is 0 Å². The van der Waals surface area contributed by atoms with Crippen molar-refractivity contribution in [3.8, 4) is 0 Å². The highest BCUT2D eigenvalue weighted by Crippen LogP contribution is 2.41. The topological polar surface area (TPSA) is 23.6 Å². The molecule has 1 aromatic rings. The number of fused-ring (bicyclic) bond motifs is 3. The summed E-state index contributed by atoms with van der Waals surface area (Å²) < 4.78 is 0. The summed E-state index contributed by atoms with van der Waals surface area (Å²) in [5.74, 6) is 0.732. The van der Waals surface area contributed by atoms with Crippen LogP contribution in [-0.4, -0.2) is 41.9 Å². The van der Waals surface area contributed by atoms with E-state index in [-0.39, 0.29) is 5.41 Å². The molecule has 2 heterocycles. The van der Waals surface area contributed by atoms with E-state index in [1.54, 1.807) is 0 Å². The lowest BCUT2D eigenvalue weighted by molar-refractivity contribution is -0.141. The zero-order chi connectivity index (χ0) is 15.3. The molecule has 1 atom stereocenters. The Bertz CT molecular complexity index is 591. The number of benzene rings is 1. The van der Waals surface area contributed by atoms with Crippen molar-refractivity contribution in [3.63, 3.8) is 0 Å². The number of amides is 1. The van der Waals surface area contributed by atoms with Crippen molar-refractivity contribution in [1.82, 2.24) is 9.80 Å². The van der Waals surface area contributed by atoms with E-state index in [2.05, 4.69) is 47.9 Å². The second kappa shape index (κ2) is 5.09. The first kappa shape index (κ1) is 14.3. The van der Waals surface area contributed by atoms with E-state index >= 15 is 0 Å². The van der Waals surface area contributed by atoms with Gasteiger partial charge in [0, 0.05) is 37.5 Å². The van der Waals surface area contributed by atoms with Crippen LogP contribution < -0.4 is 0 Å². The average molecular weight is 298 g/mol. The summed E-state index contributed by atoms with van der Waals surface area (Å²) >= 11 is 0. The maximum Gasteiger partial charge on any atom is 0.225 e. The molecule has 3 nitrogen and oxygen atoms in total. The second-order valence-corrected chi connectivity index (χ2v) is 7.87. The largest absolute Gasteiger partial charge is 0.339 e. The van der Waals surface area contributed by atoms with Gasteiger partial charge in [-0.3, -0.25) is 9.69 Å². The van der Waals surface area contributed by atoms with Crippen molar-refractivity contribution in [2.24, 2.45) is 5.92 Å². The number of hydrogen-bond acceptors (Lipinski definition) is 2. The summed E-state index contributed by atoms with van der Waals surface area (Å²) in [6, 6.07) is 9.23. The lowest BCUT2D eigenvalue weighted by atomic mass is 9.75. The summed E-state index contributed by atoms with van der Waals surface area (Å²) in [7, 11) is 0. The Morgan fingerprint density at radius 3 is 2.68 bits per heavy atom. The van der Waals surface area contributed by atoms with E-state index in [9.17, 15) is 4.79 Å². The minimum atomic E-state index is 0.202. The molecule has 1 aromatic carbocycles. The fourth-order valence-corrected chi connectivity index (χ4v) is 4.42. The van der Waals surface area contributed by atoms with Gasteiger partial charge < -0.3 is 4.90 Å². The zero-order valence-electron chi connectivity index (χ0n) is 13.7. The molecule has 1 unspecified atom stereocenters. The molecule has 0 aromatic heterocycles. The first-order chi connectivity index (χ1) is 10.6. The van der Waals surface area contributed by atoms with Crippen LogP contribution >= 0.6 is 0 Å². The van der Waals surface area contributed by atoms with E-state index in [0.717, 1.165) is 39.0 Å². The van der Waals surface area contributed by atoms with Crippen LogP contribution in [0.2, 0.25) is 0 Å². The lowest BCUT2D eigenvalue weighted by Gasteiger charge is -2.50. The van der Waals surface area contributed by atoms with Crippen molar-refractivity contribution >= 4 is 5.91 Å². The molecule has 2 fully saturated rings. The molecule has 1 saturated heterocycles.